The number of nitrogens with zero attached hydrogens (tertiary/aromatic N) is 1. The van der Waals surface area contributed by atoms with Crippen molar-refractivity contribution in [3.8, 4) is 5.75 Å². The molecule has 5 heteroatoms. The van der Waals surface area contributed by atoms with Crippen LogP contribution in [0.3, 0.4) is 0 Å². The fraction of sp³-hybridized carbons (Fsp3) is 0.267. The smallest absolute Gasteiger partial charge is 0.250 e. The number of phenols is 1. The molecule has 1 heterocycles. The van der Waals surface area contributed by atoms with Crippen molar-refractivity contribution in [2.45, 2.75) is 19.4 Å². The quantitative estimate of drug-likeness (QED) is 0.899. The summed E-state index contributed by atoms with van der Waals surface area (Å²) in [7, 11) is 1.71. The van der Waals surface area contributed by atoms with Crippen molar-refractivity contribution in [3.63, 3.8) is 0 Å². The Balaban J connectivity index is 2.30. The van der Waals surface area contributed by atoms with Gasteiger partial charge in [0.2, 0.25) is 5.56 Å². The Hall–Kier alpha value is -1.75. The van der Waals surface area contributed by atoms with Crippen LogP contribution >= 0.6 is 15.9 Å². The number of halogens is 1. The van der Waals surface area contributed by atoms with Crippen LogP contribution in [0.5, 0.6) is 5.75 Å². The van der Waals surface area contributed by atoms with E-state index in [0.29, 0.717) is 0 Å². The van der Waals surface area contributed by atoms with Gasteiger partial charge in [-0.05, 0) is 30.7 Å². The second-order valence-corrected chi connectivity index (χ2v) is 5.59. The highest BCUT2D eigenvalue weighted by atomic mass is 79.9. The standard InChI is InChI=1S/C15H17BrN2O2/c1-3-13(12-8-10(16)4-6-14(12)19)17-11-5-7-15(20)18(2)9-11/h4-9,13,17,19H,3H2,1-2H3. The van der Waals surface area contributed by atoms with Crippen molar-refractivity contribution in [1.82, 2.24) is 4.57 Å². The van der Waals surface area contributed by atoms with E-state index in [-0.39, 0.29) is 17.4 Å². The highest BCUT2D eigenvalue weighted by Gasteiger charge is 2.14. The van der Waals surface area contributed by atoms with Gasteiger partial charge in [0.05, 0.1) is 11.7 Å². The maximum atomic E-state index is 11.4. The van der Waals surface area contributed by atoms with Crippen LogP contribution in [-0.4, -0.2) is 9.67 Å². The van der Waals surface area contributed by atoms with E-state index in [2.05, 4.69) is 21.2 Å². The Bertz CT molecular complexity index is 667. The summed E-state index contributed by atoms with van der Waals surface area (Å²) in [5, 5.41) is 13.3. The molecule has 2 aromatic rings. The number of phenolic OH excluding ortho intramolecular Hbond substituents is 1. The molecule has 0 amide bonds. The fourth-order valence-electron chi connectivity index (χ4n) is 2.08. The van der Waals surface area contributed by atoms with Crippen molar-refractivity contribution < 1.29 is 5.11 Å². The summed E-state index contributed by atoms with van der Waals surface area (Å²) in [6, 6.07) is 8.63. The number of benzene rings is 1. The lowest BCUT2D eigenvalue weighted by atomic mass is 10.0. The molecule has 0 spiro atoms. The van der Waals surface area contributed by atoms with Gasteiger partial charge in [0.15, 0.2) is 0 Å². The lowest BCUT2D eigenvalue weighted by Gasteiger charge is -2.20. The third kappa shape index (κ3) is 3.22. The topological polar surface area (TPSA) is 54.3 Å². The van der Waals surface area contributed by atoms with Gasteiger partial charge < -0.3 is 15.0 Å². The average Bonchev–Trinajstić information content (AvgIpc) is 2.43. The Morgan fingerprint density at radius 1 is 1.35 bits per heavy atom. The van der Waals surface area contributed by atoms with Crippen molar-refractivity contribution in [2.24, 2.45) is 7.05 Å². The summed E-state index contributed by atoms with van der Waals surface area (Å²) in [4.78, 5) is 11.4. The molecule has 1 unspecified atom stereocenters. The largest absolute Gasteiger partial charge is 0.508 e. The number of aryl methyl sites for hydroxylation is 1. The number of pyridine rings is 1. The maximum Gasteiger partial charge on any atom is 0.250 e. The summed E-state index contributed by atoms with van der Waals surface area (Å²) in [5.74, 6) is 0.261. The van der Waals surface area contributed by atoms with E-state index in [1.54, 1.807) is 31.4 Å². The normalized spacial score (nSPS) is 12.2. The summed E-state index contributed by atoms with van der Waals surface area (Å²) < 4.78 is 2.45. The first-order valence-corrected chi connectivity index (χ1v) is 7.22. The summed E-state index contributed by atoms with van der Waals surface area (Å²) in [6.45, 7) is 2.04. The summed E-state index contributed by atoms with van der Waals surface area (Å²) in [5.41, 5.74) is 1.63. The zero-order chi connectivity index (χ0) is 14.7. The van der Waals surface area contributed by atoms with E-state index >= 15 is 0 Å². The molecule has 0 saturated heterocycles. The van der Waals surface area contributed by atoms with Gasteiger partial charge in [0.1, 0.15) is 5.75 Å². The Kier molecular flexibility index (Phi) is 4.49. The molecule has 20 heavy (non-hydrogen) atoms. The molecular weight excluding hydrogens is 320 g/mol. The van der Waals surface area contributed by atoms with Gasteiger partial charge in [0.25, 0.3) is 0 Å². The molecular formula is C15H17BrN2O2. The Morgan fingerprint density at radius 2 is 2.10 bits per heavy atom. The Labute approximate surface area is 126 Å². The Morgan fingerprint density at radius 3 is 2.75 bits per heavy atom. The van der Waals surface area contributed by atoms with Gasteiger partial charge >= 0.3 is 0 Å². The third-order valence-electron chi connectivity index (χ3n) is 3.20. The van der Waals surface area contributed by atoms with Crippen LogP contribution in [0.2, 0.25) is 0 Å². The van der Waals surface area contributed by atoms with E-state index in [9.17, 15) is 9.90 Å². The molecule has 4 nitrogen and oxygen atoms in total. The van der Waals surface area contributed by atoms with E-state index in [4.69, 9.17) is 0 Å². The minimum Gasteiger partial charge on any atom is -0.508 e. The zero-order valence-corrected chi connectivity index (χ0v) is 13.0. The van der Waals surface area contributed by atoms with E-state index < -0.39 is 0 Å². The monoisotopic (exact) mass is 336 g/mol. The number of aromatic nitrogens is 1. The molecule has 1 atom stereocenters. The molecule has 0 aliphatic heterocycles. The van der Waals surface area contributed by atoms with Crippen molar-refractivity contribution in [3.05, 3.63) is 56.9 Å². The average molecular weight is 337 g/mol. The third-order valence-corrected chi connectivity index (χ3v) is 3.69. The van der Waals surface area contributed by atoms with E-state index in [0.717, 1.165) is 22.1 Å². The molecule has 106 valence electrons. The van der Waals surface area contributed by atoms with Crippen molar-refractivity contribution in [1.29, 1.82) is 0 Å². The van der Waals surface area contributed by atoms with Gasteiger partial charge in [-0.1, -0.05) is 22.9 Å². The van der Waals surface area contributed by atoms with Crippen LogP contribution in [0.25, 0.3) is 0 Å². The molecule has 0 aliphatic rings. The van der Waals surface area contributed by atoms with Crippen LogP contribution in [0, 0.1) is 0 Å². The van der Waals surface area contributed by atoms with Gasteiger partial charge in [-0.2, -0.15) is 0 Å². The van der Waals surface area contributed by atoms with Gasteiger partial charge in [-0.25, -0.2) is 0 Å². The number of hydrogen-bond donors (Lipinski definition) is 2. The minimum absolute atomic E-state index is 0.0231. The first kappa shape index (κ1) is 14.7. The first-order valence-electron chi connectivity index (χ1n) is 6.43. The molecule has 1 aromatic carbocycles. The number of aromatic hydroxyl groups is 1. The molecule has 0 saturated carbocycles. The lowest BCUT2D eigenvalue weighted by Crippen LogP contribution is -2.17. The molecule has 2 N–H and O–H groups in total. The number of nitrogens with one attached hydrogen (secondary N) is 1. The second-order valence-electron chi connectivity index (χ2n) is 4.68. The van der Waals surface area contributed by atoms with Crippen LogP contribution < -0.4 is 10.9 Å². The SMILES string of the molecule is CCC(Nc1ccc(=O)n(C)c1)c1cc(Br)ccc1O. The molecule has 1 aromatic heterocycles. The van der Waals surface area contributed by atoms with Crippen LogP contribution in [-0.2, 0) is 7.05 Å². The summed E-state index contributed by atoms with van der Waals surface area (Å²) in [6.07, 6.45) is 2.56. The van der Waals surface area contributed by atoms with E-state index in [1.165, 1.54) is 10.6 Å². The van der Waals surface area contributed by atoms with Gasteiger partial charge in [-0.15, -0.1) is 0 Å². The molecule has 0 aliphatic carbocycles. The van der Waals surface area contributed by atoms with Crippen LogP contribution in [0.1, 0.15) is 24.9 Å². The molecule has 0 fully saturated rings. The second kappa shape index (κ2) is 6.13. The number of hydrogen-bond acceptors (Lipinski definition) is 3. The zero-order valence-electron chi connectivity index (χ0n) is 11.4. The van der Waals surface area contributed by atoms with E-state index in [1.807, 2.05) is 13.0 Å². The van der Waals surface area contributed by atoms with Crippen LogP contribution in [0.4, 0.5) is 5.69 Å². The predicted molar refractivity (Wildman–Crippen MR) is 84.1 cm³/mol. The number of anilines is 1. The van der Waals surface area contributed by atoms with Crippen molar-refractivity contribution >= 4 is 21.6 Å². The fourth-order valence-corrected chi connectivity index (χ4v) is 2.46. The van der Waals surface area contributed by atoms with Gasteiger partial charge in [-0.3, -0.25) is 4.79 Å². The highest BCUT2D eigenvalue weighted by Crippen LogP contribution is 2.31. The molecule has 0 radical (unpaired) electrons. The summed E-state index contributed by atoms with van der Waals surface area (Å²) >= 11 is 3.42. The maximum absolute atomic E-state index is 11.4. The van der Waals surface area contributed by atoms with Gasteiger partial charge in [0, 0.05) is 29.3 Å². The van der Waals surface area contributed by atoms with Crippen LogP contribution in [0.15, 0.2) is 45.8 Å². The molecule has 2 rings (SSSR count). The number of rotatable bonds is 4. The highest BCUT2D eigenvalue weighted by molar-refractivity contribution is 9.10. The van der Waals surface area contributed by atoms with Crippen molar-refractivity contribution in [2.75, 3.05) is 5.32 Å². The lowest BCUT2D eigenvalue weighted by molar-refractivity contribution is 0.462. The predicted octanol–water partition coefficient (Wildman–Crippen LogP) is 3.42. The minimum atomic E-state index is -0.0473. The first-order chi connectivity index (χ1) is 9.51. The molecule has 0 bridgehead atoms.